The quantitative estimate of drug-likeness (QED) is 0.310. The number of Topliss-reactive ketones (excluding diaryl/α,β-unsaturated/α-hetero) is 1. The molecular formula is C26H23FN2O5S. The largest absolute Gasteiger partial charge is 0.493 e. The summed E-state index contributed by atoms with van der Waals surface area (Å²) in [6.07, 6.45) is -0.721. The number of aliphatic hydroxyl groups is 1. The topological polar surface area (TPSA) is 112 Å². The monoisotopic (exact) mass is 494 g/mol. The van der Waals surface area contributed by atoms with E-state index in [2.05, 4.69) is 4.98 Å². The lowest BCUT2D eigenvalue weighted by molar-refractivity contribution is -0.119. The Balaban J connectivity index is 1.45. The molecule has 2 aromatic carbocycles. The fourth-order valence-corrected chi connectivity index (χ4v) is 4.65. The summed E-state index contributed by atoms with van der Waals surface area (Å²) >= 11 is 1.31. The summed E-state index contributed by atoms with van der Waals surface area (Å²) in [5.41, 5.74) is 7.32. The van der Waals surface area contributed by atoms with Gasteiger partial charge in [-0.1, -0.05) is 18.2 Å². The number of aliphatic hydroxyl groups excluding tert-OH is 1. The zero-order valence-electron chi connectivity index (χ0n) is 18.9. The van der Waals surface area contributed by atoms with Gasteiger partial charge in [0.2, 0.25) is 0 Å². The lowest BCUT2D eigenvalue weighted by Gasteiger charge is -2.13. The standard InChI is InChI=1S/C26H23FN2O5S/c1-33-24-12-15(8-11-23(24)34-13-25(28)32)21(30)9-10-22(31)20-7-3-6-19(29-20)17-14-35-26-16(17)4-2-5-18(26)27/h2-8,11-12,14,22,31H,9-10,13H2,1H3,(H2,28,32). The van der Waals surface area contributed by atoms with Crippen LogP contribution in [-0.4, -0.2) is 35.5 Å². The number of halogens is 1. The molecule has 0 aliphatic rings. The minimum Gasteiger partial charge on any atom is -0.493 e. The molecule has 0 fully saturated rings. The molecule has 0 saturated heterocycles. The van der Waals surface area contributed by atoms with E-state index in [-0.39, 0.29) is 31.0 Å². The average molecular weight is 495 g/mol. The summed E-state index contributed by atoms with van der Waals surface area (Å²) in [6.45, 7) is -0.308. The van der Waals surface area contributed by atoms with Crippen LogP contribution in [0.1, 0.15) is 35.0 Å². The Kier molecular flexibility index (Phi) is 7.38. The number of benzene rings is 2. The number of thiophene rings is 1. The third kappa shape index (κ3) is 5.47. The third-order valence-corrected chi connectivity index (χ3v) is 6.44. The first-order chi connectivity index (χ1) is 16.9. The maximum Gasteiger partial charge on any atom is 0.255 e. The number of carbonyl (C=O) groups excluding carboxylic acids is 2. The predicted molar refractivity (Wildman–Crippen MR) is 131 cm³/mol. The van der Waals surface area contributed by atoms with Gasteiger partial charge in [-0.2, -0.15) is 0 Å². The number of ether oxygens (including phenoxy) is 2. The van der Waals surface area contributed by atoms with E-state index in [1.165, 1.54) is 36.6 Å². The lowest BCUT2D eigenvalue weighted by Crippen LogP contribution is -2.20. The highest BCUT2D eigenvalue weighted by molar-refractivity contribution is 7.17. The Morgan fingerprint density at radius 3 is 2.71 bits per heavy atom. The molecule has 4 aromatic rings. The van der Waals surface area contributed by atoms with Gasteiger partial charge >= 0.3 is 0 Å². The Hall–Kier alpha value is -3.82. The molecule has 1 amide bonds. The van der Waals surface area contributed by atoms with Crippen molar-refractivity contribution in [3.8, 4) is 22.8 Å². The normalized spacial score (nSPS) is 11.9. The molecule has 0 bridgehead atoms. The number of amides is 1. The van der Waals surface area contributed by atoms with Gasteiger partial charge in [-0.25, -0.2) is 4.39 Å². The number of methoxy groups -OCH3 is 1. The average Bonchev–Trinajstić information content (AvgIpc) is 3.31. The summed E-state index contributed by atoms with van der Waals surface area (Å²) in [4.78, 5) is 28.2. The molecule has 0 saturated carbocycles. The van der Waals surface area contributed by atoms with Crippen LogP contribution in [0.15, 0.2) is 60.0 Å². The first-order valence-electron chi connectivity index (χ1n) is 10.8. The van der Waals surface area contributed by atoms with Crippen molar-refractivity contribution in [2.45, 2.75) is 18.9 Å². The van der Waals surface area contributed by atoms with Crippen LogP contribution in [0, 0.1) is 5.82 Å². The van der Waals surface area contributed by atoms with Gasteiger partial charge in [-0.05, 0) is 42.8 Å². The van der Waals surface area contributed by atoms with E-state index < -0.39 is 12.0 Å². The second kappa shape index (κ2) is 10.6. The van der Waals surface area contributed by atoms with Gasteiger partial charge < -0.3 is 20.3 Å². The lowest BCUT2D eigenvalue weighted by atomic mass is 10.0. The fraction of sp³-hybridized carbons (Fsp3) is 0.192. The Morgan fingerprint density at radius 2 is 1.94 bits per heavy atom. The van der Waals surface area contributed by atoms with Crippen molar-refractivity contribution in [1.29, 1.82) is 0 Å². The van der Waals surface area contributed by atoms with Gasteiger partial charge in [-0.3, -0.25) is 14.6 Å². The second-order valence-corrected chi connectivity index (χ2v) is 8.69. The number of fused-ring (bicyclic) bond motifs is 1. The molecule has 2 aromatic heterocycles. The van der Waals surface area contributed by atoms with Gasteiger partial charge in [0.1, 0.15) is 5.82 Å². The molecule has 0 aliphatic heterocycles. The van der Waals surface area contributed by atoms with Crippen LogP contribution in [-0.2, 0) is 4.79 Å². The molecule has 35 heavy (non-hydrogen) atoms. The molecule has 3 N–H and O–H groups in total. The first kappa shape index (κ1) is 24.3. The van der Waals surface area contributed by atoms with Crippen molar-refractivity contribution in [3.63, 3.8) is 0 Å². The summed E-state index contributed by atoms with van der Waals surface area (Å²) in [6, 6.07) is 14.8. The van der Waals surface area contributed by atoms with E-state index >= 15 is 0 Å². The van der Waals surface area contributed by atoms with Crippen molar-refractivity contribution in [3.05, 3.63) is 77.1 Å². The van der Waals surface area contributed by atoms with Crippen molar-refractivity contribution < 1.29 is 28.6 Å². The third-order valence-electron chi connectivity index (χ3n) is 5.44. The number of primary amides is 1. The molecular weight excluding hydrogens is 471 g/mol. The highest BCUT2D eigenvalue weighted by atomic mass is 32.1. The van der Waals surface area contributed by atoms with Crippen LogP contribution in [0.25, 0.3) is 21.3 Å². The van der Waals surface area contributed by atoms with E-state index in [4.69, 9.17) is 15.2 Å². The second-order valence-electron chi connectivity index (χ2n) is 7.81. The predicted octanol–water partition coefficient (Wildman–Crippen LogP) is 4.67. The van der Waals surface area contributed by atoms with Gasteiger partial charge in [0.25, 0.3) is 5.91 Å². The van der Waals surface area contributed by atoms with Gasteiger partial charge in [-0.15, -0.1) is 11.3 Å². The summed E-state index contributed by atoms with van der Waals surface area (Å²) in [5.74, 6) is -0.508. The summed E-state index contributed by atoms with van der Waals surface area (Å²) in [7, 11) is 1.42. The zero-order valence-corrected chi connectivity index (χ0v) is 19.7. The Morgan fingerprint density at radius 1 is 1.14 bits per heavy atom. The molecule has 180 valence electrons. The number of hydrogen-bond acceptors (Lipinski definition) is 7. The molecule has 9 heteroatoms. The molecule has 0 spiro atoms. The van der Waals surface area contributed by atoms with Crippen molar-refractivity contribution in [1.82, 2.24) is 4.98 Å². The number of nitrogens with two attached hydrogens (primary N) is 1. The number of aromatic nitrogens is 1. The molecule has 0 aliphatic carbocycles. The maximum absolute atomic E-state index is 14.1. The van der Waals surface area contributed by atoms with Crippen LogP contribution >= 0.6 is 11.3 Å². The Bertz CT molecular complexity index is 1390. The van der Waals surface area contributed by atoms with Gasteiger partial charge in [0.15, 0.2) is 23.9 Å². The minimum atomic E-state index is -0.958. The van der Waals surface area contributed by atoms with Crippen molar-refractivity contribution >= 4 is 33.1 Å². The van der Waals surface area contributed by atoms with Crippen LogP contribution < -0.4 is 15.2 Å². The van der Waals surface area contributed by atoms with E-state index in [1.807, 2.05) is 17.5 Å². The maximum atomic E-state index is 14.1. The molecule has 1 unspecified atom stereocenters. The number of pyridine rings is 1. The molecule has 4 rings (SSSR count). The van der Waals surface area contributed by atoms with Crippen LogP contribution in [0.2, 0.25) is 0 Å². The SMILES string of the molecule is COc1cc(C(=O)CCC(O)c2cccc(-c3csc4c(F)cccc34)n2)ccc1OCC(N)=O. The van der Waals surface area contributed by atoms with Crippen molar-refractivity contribution in [2.24, 2.45) is 5.73 Å². The molecule has 0 radical (unpaired) electrons. The molecule has 2 heterocycles. The van der Waals surface area contributed by atoms with Crippen LogP contribution in [0.4, 0.5) is 4.39 Å². The van der Waals surface area contributed by atoms with Crippen LogP contribution in [0.5, 0.6) is 11.5 Å². The van der Waals surface area contributed by atoms with E-state index in [1.54, 1.807) is 24.3 Å². The fourth-order valence-electron chi connectivity index (χ4n) is 3.68. The highest BCUT2D eigenvalue weighted by Gasteiger charge is 2.17. The Labute approximate surface area is 204 Å². The van der Waals surface area contributed by atoms with Crippen LogP contribution in [0.3, 0.4) is 0 Å². The smallest absolute Gasteiger partial charge is 0.255 e. The van der Waals surface area contributed by atoms with Gasteiger partial charge in [0.05, 0.1) is 29.3 Å². The minimum absolute atomic E-state index is 0.0737. The van der Waals surface area contributed by atoms with E-state index in [9.17, 15) is 19.1 Å². The molecule has 1 atom stereocenters. The zero-order chi connectivity index (χ0) is 24.9. The van der Waals surface area contributed by atoms with E-state index in [0.717, 1.165) is 10.9 Å². The summed E-state index contributed by atoms with van der Waals surface area (Å²) < 4.78 is 25.1. The first-order valence-corrected chi connectivity index (χ1v) is 11.7. The number of nitrogens with zero attached hydrogens (tertiary/aromatic N) is 1. The summed E-state index contributed by atoms with van der Waals surface area (Å²) in [5, 5.41) is 13.3. The highest BCUT2D eigenvalue weighted by Crippen LogP contribution is 2.35. The van der Waals surface area contributed by atoms with Crippen molar-refractivity contribution in [2.75, 3.05) is 13.7 Å². The number of rotatable bonds is 10. The molecule has 7 nitrogen and oxygen atoms in total. The number of hydrogen-bond donors (Lipinski definition) is 2. The number of ketones is 1. The van der Waals surface area contributed by atoms with Gasteiger partial charge in [0, 0.05) is 28.3 Å². The number of carbonyl (C=O) groups is 2. The van der Waals surface area contributed by atoms with E-state index in [0.29, 0.717) is 33.2 Å².